The van der Waals surface area contributed by atoms with Gasteiger partial charge in [0.15, 0.2) is 0 Å². The van der Waals surface area contributed by atoms with Crippen molar-refractivity contribution in [3.05, 3.63) is 0 Å². The van der Waals surface area contributed by atoms with Crippen LogP contribution in [0.15, 0.2) is 0 Å². The second-order valence-electron chi connectivity index (χ2n) is 7.90. The van der Waals surface area contributed by atoms with Crippen molar-refractivity contribution in [1.82, 2.24) is 5.09 Å². The molecule has 17 heavy (non-hydrogen) atoms. The third-order valence-corrected chi connectivity index (χ3v) is 6.30. The normalized spacial score (nSPS) is 44.8. The molecule has 0 aromatic rings. The minimum Gasteiger partial charge on any atom is -0.266 e. The molecule has 0 saturated heterocycles. The summed E-state index contributed by atoms with van der Waals surface area (Å²) in [6, 6.07) is 0. The van der Waals surface area contributed by atoms with Crippen LogP contribution < -0.4 is 5.09 Å². The van der Waals surface area contributed by atoms with Crippen molar-refractivity contribution in [1.29, 1.82) is 0 Å². The van der Waals surface area contributed by atoms with E-state index in [0.717, 1.165) is 17.8 Å². The van der Waals surface area contributed by atoms with Gasteiger partial charge in [-0.2, -0.15) is 0 Å². The van der Waals surface area contributed by atoms with Gasteiger partial charge in [0.2, 0.25) is 0 Å². The second-order valence-corrected chi connectivity index (χ2v) is 8.64. The van der Waals surface area contributed by atoms with Gasteiger partial charge in [-0.1, -0.05) is 0 Å². The number of rotatable bonds is 2. The topological polar surface area (TPSA) is 12.0 Å². The second kappa shape index (κ2) is 4.07. The van der Waals surface area contributed by atoms with Gasteiger partial charge < -0.3 is 0 Å². The molecule has 0 unspecified atom stereocenters. The minimum atomic E-state index is 0.250. The molecule has 0 amide bonds. The van der Waals surface area contributed by atoms with E-state index in [-0.39, 0.29) is 5.54 Å². The molecular formula is C15H26NP. The molecule has 0 atom stereocenters. The Kier molecular flexibility index (Phi) is 2.91. The lowest BCUT2D eigenvalue weighted by molar-refractivity contribution is -0.00857. The van der Waals surface area contributed by atoms with Crippen LogP contribution in [0.3, 0.4) is 0 Å². The molecule has 4 rings (SSSR count). The lowest BCUT2D eigenvalue weighted by atomic mass is 9.50. The van der Waals surface area contributed by atoms with Gasteiger partial charge >= 0.3 is 0 Å². The molecule has 2 heteroatoms. The van der Waals surface area contributed by atoms with Crippen LogP contribution in [0.5, 0.6) is 0 Å². The van der Waals surface area contributed by atoms with Crippen molar-refractivity contribution in [2.24, 2.45) is 23.2 Å². The zero-order valence-electron chi connectivity index (χ0n) is 11.5. The molecule has 0 heterocycles. The molecule has 4 aliphatic rings. The maximum absolute atomic E-state index is 3.61. The van der Waals surface area contributed by atoms with Gasteiger partial charge in [0.25, 0.3) is 0 Å². The van der Waals surface area contributed by atoms with E-state index in [1.54, 1.807) is 19.3 Å². The maximum atomic E-state index is 3.61. The van der Waals surface area contributed by atoms with E-state index in [9.17, 15) is 0 Å². The summed E-state index contributed by atoms with van der Waals surface area (Å²) in [7, 11) is 1.36. The molecule has 4 fully saturated rings. The number of hydrogen-bond acceptors (Lipinski definition) is 1. The lowest BCUT2D eigenvalue weighted by Crippen LogP contribution is -2.46. The summed E-state index contributed by atoms with van der Waals surface area (Å²) < 4.78 is 0. The van der Waals surface area contributed by atoms with Gasteiger partial charge in [0.05, 0.1) is 0 Å². The Morgan fingerprint density at radius 1 is 1.00 bits per heavy atom. The number of nitrogens with one attached hydrogen (secondary N) is 1. The Balaban J connectivity index is 1.70. The molecule has 0 aromatic heterocycles. The van der Waals surface area contributed by atoms with Gasteiger partial charge in [0.1, 0.15) is 0 Å². The average Bonchev–Trinajstić information content (AvgIpc) is 2.11. The van der Waals surface area contributed by atoms with Gasteiger partial charge in [0, 0.05) is 5.54 Å². The Labute approximate surface area is 108 Å². The van der Waals surface area contributed by atoms with E-state index >= 15 is 0 Å². The van der Waals surface area contributed by atoms with Crippen LogP contribution in [0.2, 0.25) is 0 Å². The summed E-state index contributed by atoms with van der Waals surface area (Å²) in [4.78, 5) is 0. The summed E-state index contributed by atoms with van der Waals surface area (Å²) in [6.45, 7) is 6.77. The van der Waals surface area contributed by atoms with Crippen LogP contribution in [-0.4, -0.2) is 11.3 Å². The van der Waals surface area contributed by atoms with Crippen LogP contribution in [-0.2, 0) is 0 Å². The van der Waals surface area contributed by atoms with Crippen molar-refractivity contribution >= 4 is 14.2 Å². The van der Waals surface area contributed by atoms with Crippen LogP contribution in [0.1, 0.15) is 59.3 Å². The molecule has 96 valence electrons. The predicted octanol–water partition coefficient (Wildman–Crippen LogP) is 4.25. The molecule has 4 saturated carbocycles. The van der Waals surface area contributed by atoms with Gasteiger partial charge in [-0.3, -0.25) is 5.09 Å². The highest BCUT2D eigenvalue weighted by Gasteiger charge is 2.49. The van der Waals surface area contributed by atoms with Crippen molar-refractivity contribution in [3.8, 4) is 0 Å². The van der Waals surface area contributed by atoms with E-state index in [1.807, 2.05) is 0 Å². The minimum absolute atomic E-state index is 0.250. The Morgan fingerprint density at radius 3 is 1.88 bits per heavy atom. The molecular weight excluding hydrogens is 225 g/mol. The highest BCUT2D eigenvalue weighted by atomic mass is 31.1. The first kappa shape index (κ1) is 12.2. The molecule has 0 aromatic carbocycles. The van der Waals surface area contributed by atoms with Crippen LogP contribution in [0.25, 0.3) is 0 Å². The van der Waals surface area contributed by atoms with Crippen LogP contribution >= 0.6 is 8.35 Å². The van der Waals surface area contributed by atoms with Crippen molar-refractivity contribution in [3.63, 3.8) is 0 Å². The molecule has 4 aliphatic carbocycles. The molecule has 0 aliphatic heterocycles. The van der Waals surface area contributed by atoms with Crippen molar-refractivity contribution in [2.75, 3.05) is 0 Å². The third kappa shape index (κ3) is 2.61. The maximum Gasteiger partial charge on any atom is 0.0175 e. The van der Waals surface area contributed by atoms with Gasteiger partial charge in [-0.15, -0.1) is 0 Å². The summed E-state index contributed by atoms with van der Waals surface area (Å²) >= 11 is 0. The summed E-state index contributed by atoms with van der Waals surface area (Å²) in [6.07, 6.45) is 9.15. The summed E-state index contributed by atoms with van der Waals surface area (Å²) in [5.41, 5.74) is 0.870. The molecule has 0 spiro atoms. The Bertz CT molecular complexity index is 291. The summed E-state index contributed by atoms with van der Waals surface area (Å²) in [5, 5.41) is 3.61. The standard InChI is InChI=1S/C15H26NP/c1-14(2,3)16-17-10-15-7-11-4-12(8-15)6-13(5-11)9-15/h10-13,16H,4-9H2,1-3H3. The smallest absolute Gasteiger partial charge is 0.0175 e. The van der Waals surface area contributed by atoms with Crippen molar-refractivity contribution < 1.29 is 0 Å². The van der Waals surface area contributed by atoms with E-state index < -0.39 is 0 Å². The monoisotopic (exact) mass is 251 g/mol. The van der Waals surface area contributed by atoms with E-state index in [1.165, 1.54) is 27.6 Å². The van der Waals surface area contributed by atoms with Gasteiger partial charge in [-0.05, 0) is 96.6 Å². The fourth-order valence-corrected chi connectivity index (χ4v) is 5.74. The average molecular weight is 251 g/mol. The number of hydrogen-bond donors (Lipinski definition) is 1. The zero-order valence-corrected chi connectivity index (χ0v) is 12.4. The van der Waals surface area contributed by atoms with E-state index in [2.05, 4.69) is 31.7 Å². The molecule has 1 N–H and O–H groups in total. The SMILES string of the molecule is CC(C)(C)NP=CC12CC3CC(CC(C3)C1)C2. The quantitative estimate of drug-likeness (QED) is 0.723. The fourth-order valence-electron chi connectivity index (χ4n) is 4.70. The Morgan fingerprint density at radius 2 is 1.47 bits per heavy atom. The first-order valence-electron chi connectivity index (χ1n) is 7.26. The third-order valence-electron chi connectivity index (χ3n) is 4.82. The lowest BCUT2D eigenvalue weighted by Gasteiger charge is -2.55. The highest BCUT2D eigenvalue weighted by molar-refractivity contribution is 7.36. The molecule has 1 nitrogen and oxygen atoms in total. The van der Waals surface area contributed by atoms with Gasteiger partial charge in [-0.25, -0.2) is 0 Å². The van der Waals surface area contributed by atoms with Crippen molar-refractivity contribution in [2.45, 2.75) is 64.8 Å². The fraction of sp³-hybridized carbons (Fsp3) is 0.933. The summed E-state index contributed by atoms with van der Waals surface area (Å²) in [5.74, 6) is 5.84. The van der Waals surface area contributed by atoms with E-state index in [4.69, 9.17) is 0 Å². The first-order valence-corrected chi connectivity index (χ1v) is 8.22. The highest BCUT2D eigenvalue weighted by Crippen LogP contribution is 2.59. The Hall–Kier alpha value is 0.130. The largest absolute Gasteiger partial charge is 0.266 e. The zero-order chi connectivity index (χ0) is 12.1. The van der Waals surface area contributed by atoms with E-state index in [0.29, 0.717) is 5.41 Å². The van der Waals surface area contributed by atoms with Crippen LogP contribution in [0, 0.1) is 23.2 Å². The first-order chi connectivity index (χ1) is 7.94. The molecule has 0 radical (unpaired) electrons. The molecule has 4 bridgehead atoms. The van der Waals surface area contributed by atoms with Crippen LogP contribution in [0.4, 0.5) is 0 Å². The predicted molar refractivity (Wildman–Crippen MR) is 76.5 cm³/mol.